The van der Waals surface area contributed by atoms with Crippen LogP contribution in [-0.2, 0) is 10.0 Å². The van der Waals surface area contributed by atoms with Gasteiger partial charge in [0, 0.05) is 26.2 Å². The lowest BCUT2D eigenvalue weighted by atomic mass is 10.4. The molecule has 1 N–H and O–H groups in total. The van der Waals surface area contributed by atoms with Crippen LogP contribution in [-0.4, -0.2) is 62.1 Å². The fraction of sp³-hybridized carbons (Fsp3) is 0.667. The van der Waals surface area contributed by atoms with Gasteiger partial charge in [0.2, 0.25) is 0 Å². The molecule has 1 saturated heterocycles. The van der Waals surface area contributed by atoms with Gasteiger partial charge in [0.05, 0.1) is 6.61 Å². The lowest BCUT2D eigenvalue weighted by molar-refractivity contribution is 0.202. The molecule has 0 saturated carbocycles. The van der Waals surface area contributed by atoms with Gasteiger partial charge in [0.25, 0.3) is 10.0 Å². The number of aliphatic hydroxyl groups excluding tert-OH is 1. The van der Waals surface area contributed by atoms with E-state index in [4.69, 9.17) is 5.11 Å². The van der Waals surface area contributed by atoms with Gasteiger partial charge in [-0.25, -0.2) is 8.42 Å². The highest BCUT2D eigenvalue weighted by molar-refractivity contribution is 7.91. The number of nitrogens with zero attached hydrogens (tertiary/aromatic N) is 2. The fourth-order valence-corrected chi connectivity index (χ4v) is 5.31. The van der Waals surface area contributed by atoms with Crippen LogP contribution in [0.4, 0.5) is 0 Å². The zero-order valence-corrected chi connectivity index (χ0v) is 12.7. The van der Waals surface area contributed by atoms with Crippen molar-refractivity contribution >= 4 is 21.4 Å². The van der Waals surface area contributed by atoms with Gasteiger partial charge in [-0.3, -0.25) is 4.90 Å². The SMILES string of the molecule is Cc1ccsc1S(=O)(=O)N1CCCN(CCO)CC1. The first-order chi connectivity index (χ1) is 9.05. The first kappa shape index (κ1) is 14.9. The summed E-state index contributed by atoms with van der Waals surface area (Å²) in [5.74, 6) is 0. The van der Waals surface area contributed by atoms with Gasteiger partial charge < -0.3 is 5.11 Å². The van der Waals surface area contributed by atoms with Crippen LogP contribution >= 0.6 is 11.3 Å². The third-order valence-corrected chi connectivity index (χ3v) is 6.92. The summed E-state index contributed by atoms with van der Waals surface area (Å²) in [6, 6.07) is 1.84. The van der Waals surface area contributed by atoms with Crippen LogP contribution < -0.4 is 0 Å². The van der Waals surface area contributed by atoms with Crippen molar-refractivity contribution in [1.82, 2.24) is 9.21 Å². The van der Waals surface area contributed by atoms with Crippen molar-refractivity contribution in [2.75, 3.05) is 39.3 Å². The van der Waals surface area contributed by atoms with Crippen molar-refractivity contribution < 1.29 is 13.5 Å². The first-order valence-corrected chi connectivity index (χ1v) is 8.75. The summed E-state index contributed by atoms with van der Waals surface area (Å²) >= 11 is 1.28. The Balaban J connectivity index is 2.12. The minimum atomic E-state index is -3.35. The molecule has 0 aliphatic carbocycles. The van der Waals surface area contributed by atoms with Crippen molar-refractivity contribution in [2.24, 2.45) is 0 Å². The van der Waals surface area contributed by atoms with Crippen LogP contribution in [0.5, 0.6) is 0 Å². The monoisotopic (exact) mass is 304 g/mol. The number of hydrogen-bond acceptors (Lipinski definition) is 5. The number of aryl methyl sites for hydroxylation is 1. The highest BCUT2D eigenvalue weighted by Gasteiger charge is 2.28. The minimum absolute atomic E-state index is 0.122. The van der Waals surface area contributed by atoms with E-state index in [9.17, 15) is 8.42 Å². The molecular formula is C12H20N2O3S2. The predicted octanol–water partition coefficient (Wildman–Crippen LogP) is 0.745. The Kier molecular flexibility index (Phi) is 4.97. The van der Waals surface area contributed by atoms with E-state index in [-0.39, 0.29) is 6.61 Å². The average Bonchev–Trinajstić information content (AvgIpc) is 2.66. The van der Waals surface area contributed by atoms with E-state index in [0.717, 1.165) is 18.5 Å². The van der Waals surface area contributed by atoms with E-state index >= 15 is 0 Å². The van der Waals surface area contributed by atoms with Crippen LogP contribution in [0.25, 0.3) is 0 Å². The van der Waals surface area contributed by atoms with Gasteiger partial charge in [-0.05, 0) is 36.9 Å². The Morgan fingerprint density at radius 2 is 2.11 bits per heavy atom. The molecule has 1 aliphatic rings. The fourth-order valence-electron chi connectivity index (χ4n) is 2.29. The number of sulfonamides is 1. The van der Waals surface area contributed by atoms with E-state index in [1.54, 1.807) is 4.31 Å². The van der Waals surface area contributed by atoms with E-state index in [0.29, 0.717) is 30.4 Å². The molecule has 0 unspecified atom stereocenters. The molecule has 0 spiro atoms. The van der Waals surface area contributed by atoms with Crippen LogP contribution in [0, 0.1) is 6.92 Å². The van der Waals surface area contributed by atoms with Crippen LogP contribution in [0.1, 0.15) is 12.0 Å². The molecular weight excluding hydrogens is 284 g/mol. The maximum absolute atomic E-state index is 12.6. The molecule has 108 valence electrons. The normalized spacial score (nSPS) is 19.5. The van der Waals surface area contributed by atoms with Gasteiger partial charge >= 0.3 is 0 Å². The summed E-state index contributed by atoms with van der Waals surface area (Å²) in [6.45, 7) is 5.16. The second kappa shape index (κ2) is 6.32. The van der Waals surface area contributed by atoms with Crippen molar-refractivity contribution in [3.63, 3.8) is 0 Å². The van der Waals surface area contributed by atoms with E-state index in [1.165, 1.54) is 11.3 Å². The molecule has 0 aromatic carbocycles. The smallest absolute Gasteiger partial charge is 0.252 e. The maximum Gasteiger partial charge on any atom is 0.252 e. The molecule has 5 nitrogen and oxygen atoms in total. The molecule has 1 aliphatic heterocycles. The lowest BCUT2D eigenvalue weighted by Gasteiger charge is -2.20. The number of rotatable bonds is 4. The third-order valence-electron chi connectivity index (χ3n) is 3.35. The molecule has 1 aromatic heterocycles. The van der Waals surface area contributed by atoms with Crippen molar-refractivity contribution in [3.8, 4) is 0 Å². The zero-order valence-electron chi connectivity index (χ0n) is 11.1. The molecule has 1 aromatic rings. The third kappa shape index (κ3) is 3.35. The van der Waals surface area contributed by atoms with Crippen molar-refractivity contribution in [1.29, 1.82) is 0 Å². The van der Waals surface area contributed by atoms with Gasteiger partial charge in [-0.2, -0.15) is 4.31 Å². The Hall–Kier alpha value is -0.470. The molecule has 0 amide bonds. The Morgan fingerprint density at radius 3 is 2.74 bits per heavy atom. The molecule has 1 fully saturated rings. The Labute approximate surface area is 118 Å². The number of β-amino-alcohol motifs (C(OH)–C–C–N with tert-alkyl or cyclic N) is 1. The van der Waals surface area contributed by atoms with E-state index in [2.05, 4.69) is 4.90 Å². The minimum Gasteiger partial charge on any atom is -0.395 e. The second-order valence-corrected chi connectivity index (χ2v) is 7.76. The maximum atomic E-state index is 12.6. The van der Waals surface area contributed by atoms with E-state index < -0.39 is 10.0 Å². The number of aliphatic hydroxyl groups is 1. The summed E-state index contributed by atoms with van der Waals surface area (Å²) < 4.78 is 27.1. The number of hydrogen-bond donors (Lipinski definition) is 1. The molecule has 0 atom stereocenters. The topological polar surface area (TPSA) is 60.9 Å². The molecule has 19 heavy (non-hydrogen) atoms. The summed E-state index contributed by atoms with van der Waals surface area (Å²) in [6.07, 6.45) is 0.809. The Bertz CT molecular complexity index is 513. The van der Waals surface area contributed by atoms with E-state index in [1.807, 2.05) is 18.4 Å². The molecule has 2 rings (SSSR count). The van der Waals surface area contributed by atoms with Crippen LogP contribution in [0.15, 0.2) is 15.7 Å². The van der Waals surface area contributed by atoms with Gasteiger partial charge in [0.15, 0.2) is 0 Å². The highest BCUT2D eigenvalue weighted by Crippen LogP contribution is 2.26. The lowest BCUT2D eigenvalue weighted by Crippen LogP contribution is -2.35. The largest absolute Gasteiger partial charge is 0.395 e. The standard InChI is InChI=1S/C12H20N2O3S2/c1-11-3-10-18-12(11)19(16,17)14-5-2-4-13(6-7-14)8-9-15/h3,10,15H,2,4-9H2,1H3. The highest BCUT2D eigenvalue weighted by atomic mass is 32.2. The van der Waals surface area contributed by atoms with Crippen molar-refractivity contribution in [3.05, 3.63) is 17.0 Å². The zero-order chi connectivity index (χ0) is 13.9. The van der Waals surface area contributed by atoms with Crippen molar-refractivity contribution in [2.45, 2.75) is 17.6 Å². The van der Waals surface area contributed by atoms with Gasteiger partial charge in [-0.1, -0.05) is 0 Å². The summed E-state index contributed by atoms with van der Waals surface area (Å²) in [4.78, 5) is 2.11. The molecule has 0 bridgehead atoms. The van der Waals surface area contributed by atoms with Crippen LogP contribution in [0.2, 0.25) is 0 Å². The molecule has 0 radical (unpaired) electrons. The summed E-state index contributed by atoms with van der Waals surface area (Å²) in [5, 5.41) is 10.8. The Morgan fingerprint density at radius 1 is 1.32 bits per heavy atom. The van der Waals surface area contributed by atoms with Crippen LogP contribution in [0.3, 0.4) is 0 Å². The summed E-state index contributed by atoms with van der Waals surface area (Å²) in [7, 11) is -3.35. The quantitative estimate of drug-likeness (QED) is 0.891. The number of thiophene rings is 1. The molecule has 7 heteroatoms. The van der Waals surface area contributed by atoms with Gasteiger partial charge in [-0.15, -0.1) is 11.3 Å². The molecule has 2 heterocycles. The first-order valence-electron chi connectivity index (χ1n) is 6.43. The predicted molar refractivity (Wildman–Crippen MR) is 76.0 cm³/mol. The second-order valence-electron chi connectivity index (χ2n) is 4.71. The average molecular weight is 304 g/mol. The van der Waals surface area contributed by atoms with Gasteiger partial charge in [0.1, 0.15) is 4.21 Å². The summed E-state index contributed by atoms with van der Waals surface area (Å²) in [5.41, 5.74) is 0.821.